The topological polar surface area (TPSA) is 66.8 Å². The fourth-order valence-electron chi connectivity index (χ4n) is 2.18. The molecule has 0 saturated carbocycles. The van der Waals surface area contributed by atoms with E-state index in [2.05, 4.69) is 0 Å². The first-order valence-corrected chi connectivity index (χ1v) is 6.26. The number of rotatable bonds is 4. The molecule has 104 valence electrons. The van der Waals surface area contributed by atoms with Crippen molar-refractivity contribution in [2.24, 2.45) is 5.41 Å². The lowest BCUT2D eigenvalue weighted by Gasteiger charge is -2.38. The number of carboxylic acids is 1. The third kappa shape index (κ3) is 3.45. The molecule has 1 rings (SSSR count). The number of aliphatic carboxylic acids is 1. The van der Waals surface area contributed by atoms with E-state index in [9.17, 15) is 14.7 Å². The van der Waals surface area contributed by atoms with E-state index in [4.69, 9.17) is 4.74 Å². The molecule has 1 aliphatic heterocycles. The molecule has 1 heterocycles. The second kappa shape index (κ2) is 5.26. The number of nitrogens with zero attached hydrogens (tertiary/aromatic N) is 1. The summed E-state index contributed by atoms with van der Waals surface area (Å²) in [6.45, 7) is 6.34. The van der Waals surface area contributed by atoms with Gasteiger partial charge in [-0.15, -0.1) is 0 Å². The normalized spacial score (nSPS) is 25.0. The Balaban J connectivity index is 2.67. The van der Waals surface area contributed by atoms with Crippen molar-refractivity contribution in [2.45, 2.75) is 45.6 Å². The smallest absolute Gasteiger partial charge is 0.311 e. The van der Waals surface area contributed by atoms with Crippen molar-refractivity contribution in [3.63, 3.8) is 0 Å². The average Bonchev–Trinajstić information content (AvgIpc) is 2.28. The van der Waals surface area contributed by atoms with Gasteiger partial charge < -0.3 is 14.7 Å². The molecule has 1 saturated heterocycles. The molecule has 1 aliphatic rings. The van der Waals surface area contributed by atoms with Crippen LogP contribution in [0.2, 0.25) is 0 Å². The summed E-state index contributed by atoms with van der Waals surface area (Å²) in [5.74, 6) is -0.861. The van der Waals surface area contributed by atoms with Crippen LogP contribution in [0.1, 0.15) is 40.0 Å². The summed E-state index contributed by atoms with van der Waals surface area (Å²) >= 11 is 0. The highest BCUT2D eigenvalue weighted by Crippen LogP contribution is 2.30. The van der Waals surface area contributed by atoms with Crippen molar-refractivity contribution in [3.05, 3.63) is 0 Å². The van der Waals surface area contributed by atoms with Crippen LogP contribution >= 0.6 is 0 Å². The molecule has 1 N–H and O–H groups in total. The molecule has 0 aromatic rings. The number of methoxy groups -OCH3 is 1. The van der Waals surface area contributed by atoms with Crippen LogP contribution in [0.5, 0.6) is 0 Å². The van der Waals surface area contributed by atoms with Crippen molar-refractivity contribution < 1.29 is 19.4 Å². The lowest BCUT2D eigenvalue weighted by atomic mass is 9.82. The SMILES string of the molecule is COC(C)(C)CC(=O)N1CCCC(C)(C(=O)O)C1. The minimum absolute atomic E-state index is 0.0333. The lowest BCUT2D eigenvalue weighted by molar-refractivity contribution is -0.154. The first kappa shape index (κ1) is 15.0. The number of hydrogen-bond donors (Lipinski definition) is 1. The summed E-state index contributed by atoms with van der Waals surface area (Å²) in [5, 5.41) is 9.21. The number of carbonyl (C=O) groups excluding carboxylic acids is 1. The lowest BCUT2D eigenvalue weighted by Crippen LogP contribution is -2.49. The van der Waals surface area contributed by atoms with Gasteiger partial charge >= 0.3 is 5.97 Å². The van der Waals surface area contributed by atoms with Gasteiger partial charge in [-0.1, -0.05) is 0 Å². The fraction of sp³-hybridized carbons (Fsp3) is 0.846. The highest BCUT2D eigenvalue weighted by molar-refractivity contribution is 5.80. The van der Waals surface area contributed by atoms with Gasteiger partial charge in [0.1, 0.15) is 0 Å². The third-order valence-corrected chi connectivity index (χ3v) is 3.69. The Hall–Kier alpha value is -1.10. The van der Waals surface area contributed by atoms with Crippen molar-refractivity contribution in [3.8, 4) is 0 Å². The number of ether oxygens (including phenoxy) is 1. The van der Waals surface area contributed by atoms with Crippen molar-refractivity contribution >= 4 is 11.9 Å². The number of likely N-dealkylation sites (tertiary alicyclic amines) is 1. The minimum Gasteiger partial charge on any atom is -0.481 e. The zero-order valence-corrected chi connectivity index (χ0v) is 11.7. The quantitative estimate of drug-likeness (QED) is 0.829. The van der Waals surface area contributed by atoms with Gasteiger partial charge in [-0.25, -0.2) is 0 Å². The number of carbonyl (C=O) groups is 2. The molecule has 0 radical (unpaired) electrons. The Labute approximate surface area is 108 Å². The van der Waals surface area contributed by atoms with E-state index >= 15 is 0 Å². The zero-order chi connectivity index (χ0) is 14.0. The van der Waals surface area contributed by atoms with Gasteiger partial charge in [-0.05, 0) is 33.6 Å². The van der Waals surface area contributed by atoms with E-state index in [1.54, 1.807) is 18.9 Å². The van der Waals surface area contributed by atoms with E-state index in [0.29, 0.717) is 19.5 Å². The van der Waals surface area contributed by atoms with Gasteiger partial charge in [-0.2, -0.15) is 0 Å². The molecule has 5 heteroatoms. The predicted octanol–water partition coefficient (Wildman–Crippen LogP) is 1.51. The van der Waals surface area contributed by atoms with Crippen LogP contribution in [0.15, 0.2) is 0 Å². The molecule has 0 aromatic heterocycles. The molecule has 1 fully saturated rings. The van der Waals surface area contributed by atoms with Crippen molar-refractivity contribution in [2.75, 3.05) is 20.2 Å². The summed E-state index contributed by atoms with van der Waals surface area (Å²) in [5.41, 5.74) is -1.32. The minimum atomic E-state index is -0.828. The molecular formula is C13H23NO4. The molecule has 5 nitrogen and oxygen atoms in total. The number of amides is 1. The Morgan fingerprint density at radius 1 is 1.44 bits per heavy atom. The second-order valence-corrected chi connectivity index (χ2v) is 5.93. The second-order valence-electron chi connectivity index (χ2n) is 5.93. The summed E-state index contributed by atoms with van der Waals surface area (Å²) in [6, 6.07) is 0. The number of piperidine rings is 1. The van der Waals surface area contributed by atoms with Gasteiger partial charge in [0.15, 0.2) is 0 Å². The van der Waals surface area contributed by atoms with Gasteiger partial charge in [0.25, 0.3) is 0 Å². The zero-order valence-electron chi connectivity index (χ0n) is 11.7. The van der Waals surface area contributed by atoms with Crippen LogP contribution in [0.25, 0.3) is 0 Å². The van der Waals surface area contributed by atoms with E-state index in [0.717, 1.165) is 6.42 Å². The van der Waals surface area contributed by atoms with Gasteiger partial charge in [0, 0.05) is 20.2 Å². The third-order valence-electron chi connectivity index (χ3n) is 3.69. The Bertz CT molecular complexity index is 340. The maximum absolute atomic E-state index is 12.1. The molecule has 1 unspecified atom stereocenters. The van der Waals surface area contributed by atoms with Crippen LogP contribution in [-0.4, -0.2) is 47.7 Å². The van der Waals surface area contributed by atoms with Gasteiger partial charge in [0.2, 0.25) is 5.91 Å². The van der Waals surface area contributed by atoms with Crippen LogP contribution in [0, 0.1) is 5.41 Å². The first-order chi connectivity index (χ1) is 8.20. The highest BCUT2D eigenvalue weighted by atomic mass is 16.5. The van der Waals surface area contributed by atoms with Crippen molar-refractivity contribution in [1.82, 2.24) is 4.90 Å². The standard InChI is InChI=1S/C13H23NO4/c1-12(2,18-4)8-10(15)14-7-5-6-13(3,9-14)11(16)17/h5-9H2,1-4H3,(H,16,17). The predicted molar refractivity (Wildman–Crippen MR) is 67.3 cm³/mol. The average molecular weight is 257 g/mol. The maximum atomic E-state index is 12.1. The summed E-state index contributed by atoms with van der Waals surface area (Å²) in [6.07, 6.45) is 1.64. The maximum Gasteiger partial charge on any atom is 0.311 e. The Morgan fingerprint density at radius 2 is 2.06 bits per heavy atom. The summed E-state index contributed by atoms with van der Waals surface area (Å²) in [7, 11) is 1.57. The molecule has 18 heavy (non-hydrogen) atoms. The van der Waals surface area contributed by atoms with E-state index in [1.165, 1.54) is 0 Å². The first-order valence-electron chi connectivity index (χ1n) is 6.26. The Morgan fingerprint density at radius 3 is 2.56 bits per heavy atom. The number of hydrogen-bond acceptors (Lipinski definition) is 3. The van der Waals surface area contributed by atoms with Gasteiger partial charge in [0.05, 0.1) is 17.4 Å². The highest BCUT2D eigenvalue weighted by Gasteiger charge is 2.40. The van der Waals surface area contributed by atoms with Crippen LogP contribution in [0.3, 0.4) is 0 Å². The van der Waals surface area contributed by atoms with Crippen molar-refractivity contribution in [1.29, 1.82) is 0 Å². The molecule has 0 bridgehead atoms. The molecule has 1 amide bonds. The van der Waals surface area contributed by atoms with Crippen LogP contribution < -0.4 is 0 Å². The van der Waals surface area contributed by atoms with Crippen LogP contribution in [0.4, 0.5) is 0 Å². The number of carboxylic acid groups (broad SMARTS) is 1. The summed E-state index contributed by atoms with van der Waals surface area (Å²) < 4.78 is 5.23. The molecule has 0 aliphatic carbocycles. The molecular weight excluding hydrogens is 234 g/mol. The monoisotopic (exact) mass is 257 g/mol. The summed E-state index contributed by atoms with van der Waals surface area (Å²) in [4.78, 5) is 25.0. The fourth-order valence-corrected chi connectivity index (χ4v) is 2.18. The van der Waals surface area contributed by atoms with E-state index in [1.807, 2.05) is 13.8 Å². The Kier molecular flexibility index (Phi) is 4.37. The van der Waals surface area contributed by atoms with E-state index < -0.39 is 17.0 Å². The largest absolute Gasteiger partial charge is 0.481 e. The van der Waals surface area contributed by atoms with E-state index in [-0.39, 0.29) is 12.3 Å². The molecule has 0 aromatic carbocycles. The van der Waals surface area contributed by atoms with Crippen LogP contribution in [-0.2, 0) is 14.3 Å². The molecule has 0 spiro atoms. The van der Waals surface area contributed by atoms with Gasteiger partial charge in [-0.3, -0.25) is 9.59 Å². The molecule has 1 atom stereocenters.